The third-order valence-electron chi connectivity index (χ3n) is 4.43. The van der Waals surface area contributed by atoms with Crippen molar-refractivity contribution in [1.82, 2.24) is 4.57 Å². The molecule has 1 atom stereocenters. The molecule has 2 aromatic heterocycles. The van der Waals surface area contributed by atoms with E-state index in [4.69, 9.17) is 16.3 Å². The van der Waals surface area contributed by atoms with Crippen molar-refractivity contribution in [3.8, 4) is 0 Å². The first-order valence-electron chi connectivity index (χ1n) is 8.40. The van der Waals surface area contributed by atoms with Crippen molar-refractivity contribution in [3.63, 3.8) is 0 Å². The highest BCUT2D eigenvalue weighted by Gasteiger charge is 2.33. The van der Waals surface area contributed by atoms with E-state index in [1.54, 1.807) is 23.6 Å². The number of hydrogen-bond donors (Lipinski definition) is 0. The Morgan fingerprint density at radius 2 is 2.07 bits per heavy atom. The van der Waals surface area contributed by atoms with E-state index in [2.05, 4.69) is 4.99 Å². The Hall–Kier alpha value is -2.48. The van der Waals surface area contributed by atoms with Gasteiger partial charge in [-0.05, 0) is 36.1 Å². The van der Waals surface area contributed by atoms with Crippen LogP contribution in [0.15, 0.2) is 62.8 Å². The summed E-state index contributed by atoms with van der Waals surface area (Å²) in [6, 6.07) is 10.6. The second-order valence-electron chi connectivity index (χ2n) is 6.11. The highest BCUT2D eigenvalue weighted by Crippen LogP contribution is 2.32. The van der Waals surface area contributed by atoms with Gasteiger partial charge in [-0.25, -0.2) is 9.79 Å². The van der Waals surface area contributed by atoms with E-state index < -0.39 is 12.0 Å². The van der Waals surface area contributed by atoms with Crippen molar-refractivity contribution in [2.75, 3.05) is 7.11 Å². The molecule has 0 saturated heterocycles. The largest absolute Gasteiger partial charge is 0.466 e. The number of esters is 1. The lowest BCUT2D eigenvalue weighted by atomic mass is 10.0. The van der Waals surface area contributed by atoms with E-state index in [-0.39, 0.29) is 5.56 Å². The fourth-order valence-corrected chi connectivity index (χ4v) is 5.19. The van der Waals surface area contributed by atoms with Crippen LogP contribution in [-0.4, -0.2) is 17.6 Å². The summed E-state index contributed by atoms with van der Waals surface area (Å²) in [6.07, 6.45) is 1.76. The van der Waals surface area contributed by atoms with Gasteiger partial charge in [0.2, 0.25) is 0 Å². The minimum Gasteiger partial charge on any atom is -0.466 e. The smallest absolute Gasteiger partial charge is 0.338 e. The van der Waals surface area contributed by atoms with Gasteiger partial charge in [0, 0.05) is 9.90 Å². The second kappa shape index (κ2) is 7.50. The molecule has 4 rings (SSSR count). The molecule has 8 heteroatoms. The number of thiophene rings is 1. The van der Waals surface area contributed by atoms with Crippen LogP contribution in [0, 0.1) is 0 Å². The van der Waals surface area contributed by atoms with E-state index in [9.17, 15) is 9.59 Å². The number of halogens is 1. The lowest BCUT2D eigenvalue weighted by Crippen LogP contribution is -2.39. The predicted octanol–water partition coefficient (Wildman–Crippen LogP) is 3.12. The van der Waals surface area contributed by atoms with Crippen LogP contribution in [0.1, 0.15) is 23.4 Å². The molecule has 142 valence electrons. The molecule has 0 N–H and O–H groups in total. The number of allylic oxidation sites excluding steroid dienone is 1. The maximum Gasteiger partial charge on any atom is 0.338 e. The van der Waals surface area contributed by atoms with Gasteiger partial charge in [0.1, 0.15) is 6.04 Å². The summed E-state index contributed by atoms with van der Waals surface area (Å²) in [5, 5.41) is 2.48. The first-order chi connectivity index (χ1) is 13.5. The van der Waals surface area contributed by atoms with Gasteiger partial charge in [0.25, 0.3) is 5.56 Å². The number of methoxy groups -OCH3 is 1. The molecule has 0 bridgehead atoms. The maximum atomic E-state index is 13.3. The van der Waals surface area contributed by atoms with E-state index in [1.807, 2.05) is 35.7 Å². The number of carbonyl (C=O) groups excluding carboxylic acids is 1. The summed E-state index contributed by atoms with van der Waals surface area (Å²) in [5.41, 5.74) is 1.47. The summed E-state index contributed by atoms with van der Waals surface area (Å²) in [6.45, 7) is 1.76. The molecule has 0 fully saturated rings. The molecule has 1 aliphatic heterocycles. The molecule has 0 spiro atoms. The van der Waals surface area contributed by atoms with Crippen molar-refractivity contribution in [1.29, 1.82) is 0 Å². The van der Waals surface area contributed by atoms with Gasteiger partial charge in [-0.3, -0.25) is 9.36 Å². The summed E-state index contributed by atoms with van der Waals surface area (Å²) >= 11 is 9.00. The molecular formula is C20H15ClN2O3S2. The predicted molar refractivity (Wildman–Crippen MR) is 112 cm³/mol. The number of fused-ring (bicyclic) bond motifs is 1. The zero-order valence-corrected chi connectivity index (χ0v) is 17.4. The average Bonchev–Trinajstić information content (AvgIpc) is 3.31. The number of nitrogens with zero attached hydrogens (tertiary/aromatic N) is 2. The van der Waals surface area contributed by atoms with Crippen molar-refractivity contribution in [3.05, 3.63) is 88.2 Å². The number of ether oxygens (including phenoxy) is 1. The van der Waals surface area contributed by atoms with Crippen LogP contribution >= 0.6 is 34.3 Å². The molecular weight excluding hydrogens is 416 g/mol. The van der Waals surface area contributed by atoms with Crippen LogP contribution < -0.4 is 14.9 Å². The first kappa shape index (κ1) is 18.9. The number of benzene rings is 1. The van der Waals surface area contributed by atoms with E-state index >= 15 is 0 Å². The quantitative estimate of drug-likeness (QED) is 0.600. The van der Waals surface area contributed by atoms with Crippen molar-refractivity contribution >= 4 is 46.3 Å². The lowest BCUT2D eigenvalue weighted by Gasteiger charge is -2.22. The van der Waals surface area contributed by atoms with E-state index in [0.29, 0.717) is 25.6 Å². The summed E-state index contributed by atoms with van der Waals surface area (Å²) in [4.78, 5) is 31.7. The number of aromatic nitrogens is 1. The number of thiazole rings is 1. The van der Waals surface area contributed by atoms with Gasteiger partial charge in [-0.1, -0.05) is 47.2 Å². The maximum absolute atomic E-state index is 13.3. The molecule has 0 saturated carbocycles. The SMILES string of the molecule is COC(=O)C1=C(C)N=c2sc(=Cc3ccccc3Cl)c(=O)n2C1c1cccs1. The second-order valence-corrected chi connectivity index (χ2v) is 8.51. The van der Waals surface area contributed by atoms with Crippen molar-refractivity contribution in [2.24, 2.45) is 4.99 Å². The molecule has 0 aliphatic carbocycles. The molecule has 28 heavy (non-hydrogen) atoms. The Morgan fingerprint density at radius 1 is 1.29 bits per heavy atom. The highest BCUT2D eigenvalue weighted by atomic mass is 35.5. The zero-order chi connectivity index (χ0) is 19.8. The third kappa shape index (κ3) is 3.15. The molecule has 3 aromatic rings. The topological polar surface area (TPSA) is 60.7 Å². The van der Waals surface area contributed by atoms with Crippen molar-refractivity contribution in [2.45, 2.75) is 13.0 Å². The Bertz CT molecular complexity index is 1270. The molecule has 1 unspecified atom stereocenters. The minimum atomic E-state index is -0.558. The van der Waals surface area contributed by atoms with Gasteiger partial charge in [-0.2, -0.15) is 0 Å². The van der Waals surface area contributed by atoms with Crippen LogP contribution in [0.2, 0.25) is 5.02 Å². The Morgan fingerprint density at radius 3 is 2.75 bits per heavy atom. The van der Waals surface area contributed by atoms with Gasteiger partial charge in [0.05, 0.1) is 22.9 Å². The highest BCUT2D eigenvalue weighted by molar-refractivity contribution is 7.10. The molecule has 0 amide bonds. The lowest BCUT2D eigenvalue weighted by molar-refractivity contribution is -0.136. The monoisotopic (exact) mass is 430 g/mol. The van der Waals surface area contributed by atoms with Crippen LogP contribution in [-0.2, 0) is 9.53 Å². The molecule has 5 nitrogen and oxygen atoms in total. The number of rotatable bonds is 3. The third-order valence-corrected chi connectivity index (χ3v) is 6.68. The standard InChI is InChI=1S/C20H15ClN2O3S2/c1-11-16(19(25)26-2)17(14-8-5-9-27-14)23-18(24)15(28-20(23)22-11)10-12-6-3-4-7-13(12)21/h3-10,17H,1-2H3. The normalized spacial score (nSPS) is 16.7. The van der Waals surface area contributed by atoms with Crippen LogP contribution in [0.4, 0.5) is 0 Å². The molecule has 3 heterocycles. The van der Waals surface area contributed by atoms with Gasteiger partial charge in [-0.15, -0.1) is 11.3 Å². The molecule has 0 radical (unpaired) electrons. The number of carbonyl (C=O) groups is 1. The average molecular weight is 431 g/mol. The molecule has 1 aliphatic rings. The van der Waals surface area contributed by atoms with E-state index in [0.717, 1.165) is 10.4 Å². The minimum absolute atomic E-state index is 0.212. The summed E-state index contributed by atoms with van der Waals surface area (Å²) in [7, 11) is 1.33. The molecule has 1 aromatic carbocycles. The Kier molecular flexibility index (Phi) is 5.05. The Labute approximate surface area is 173 Å². The Balaban J connectivity index is 1.99. The summed E-state index contributed by atoms with van der Waals surface area (Å²) in [5.74, 6) is -0.486. The van der Waals surface area contributed by atoms with Gasteiger partial charge in [0.15, 0.2) is 4.80 Å². The van der Waals surface area contributed by atoms with Crippen LogP contribution in [0.3, 0.4) is 0 Å². The van der Waals surface area contributed by atoms with Gasteiger partial charge < -0.3 is 4.74 Å². The zero-order valence-electron chi connectivity index (χ0n) is 15.0. The van der Waals surface area contributed by atoms with Crippen LogP contribution in [0.5, 0.6) is 0 Å². The van der Waals surface area contributed by atoms with Crippen molar-refractivity contribution < 1.29 is 9.53 Å². The summed E-state index contributed by atoms with van der Waals surface area (Å²) < 4.78 is 7.05. The number of hydrogen-bond acceptors (Lipinski definition) is 6. The fourth-order valence-electron chi connectivity index (χ4n) is 3.14. The fraction of sp³-hybridized carbons (Fsp3) is 0.150. The van der Waals surface area contributed by atoms with E-state index in [1.165, 1.54) is 29.8 Å². The van der Waals surface area contributed by atoms with Gasteiger partial charge >= 0.3 is 5.97 Å². The first-order valence-corrected chi connectivity index (χ1v) is 10.5. The van der Waals surface area contributed by atoms with Crippen LogP contribution in [0.25, 0.3) is 6.08 Å².